The zero-order chi connectivity index (χ0) is 16.5. The van der Waals surface area contributed by atoms with Gasteiger partial charge in [0.05, 0.1) is 24.2 Å². The molecule has 0 radical (unpaired) electrons. The van der Waals surface area contributed by atoms with Crippen LogP contribution in [0, 0.1) is 0 Å². The van der Waals surface area contributed by atoms with Crippen LogP contribution in [-0.2, 0) is 15.8 Å². The summed E-state index contributed by atoms with van der Waals surface area (Å²) < 4.78 is 18.8. The second-order valence-electron chi connectivity index (χ2n) is 4.99. The molecule has 0 aromatic carbocycles. The quantitative estimate of drug-likeness (QED) is 0.681. The molecule has 2 rings (SSSR count). The summed E-state index contributed by atoms with van der Waals surface area (Å²) in [6, 6.07) is 5.60. The van der Waals surface area contributed by atoms with E-state index in [4.69, 9.17) is 4.74 Å². The SMILES string of the molecule is CS(=O)NC(=O)CCCCCOc1ccc(-c2ccn[nH]2)nc1. The summed E-state index contributed by atoms with van der Waals surface area (Å²) in [5.41, 5.74) is 1.68. The van der Waals surface area contributed by atoms with Crippen LogP contribution in [0.15, 0.2) is 30.6 Å². The summed E-state index contributed by atoms with van der Waals surface area (Å²) >= 11 is 0. The summed E-state index contributed by atoms with van der Waals surface area (Å²) in [5, 5.41) is 6.74. The van der Waals surface area contributed by atoms with Gasteiger partial charge in [0.1, 0.15) is 16.7 Å². The Labute approximate surface area is 137 Å². The molecule has 0 aliphatic heterocycles. The van der Waals surface area contributed by atoms with E-state index in [1.165, 1.54) is 6.26 Å². The van der Waals surface area contributed by atoms with Gasteiger partial charge in [-0.2, -0.15) is 5.10 Å². The summed E-state index contributed by atoms with van der Waals surface area (Å²) in [6.45, 7) is 0.576. The summed E-state index contributed by atoms with van der Waals surface area (Å²) in [6.07, 6.45) is 7.68. The lowest BCUT2D eigenvalue weighted by Gasteiger charge is -2.06. The topological polar surface area (TPSA) is 97.0 Å². The Morgan fingerprint density at radius 1 is 1.30 bits per heavy atom. The molecule has 8 heteroatoms. The Hall–Kier alpha value is -2.22. The molecule has 0 saturated heterocycles. The third-order valence-electron chi connectivity index (χ3n) is 3.09. The number of hydrogen-bond donors (Lipinski definition) is 2. The van der Waals surface area contributed by atoms with E-state index in [-0.39, 0.29) is 5.91 Å². The number of H-pyrrole nitrogens is 1. The average molecular weight is 336 g/mol. The fourth-order valence-corrected chi connectivity index (χ4v) is 2.41. The van der Waals surface area contributed by atoms with Crippen LogP contribution < -0.4 is 9.46 Å². The molecule has 0 fully saturated rings. The number of ether oxygens (including phenoxy) is 1. The van der Waals surface area contributed by atoms with Crippen LogP contribution >= 0.6 is 0 Å². The van der Waals surface area contributed by atoms with Crippen LogP contribution in [0.1, 0.15) is 25.7 Å². The molecule has 0 aliphatic carbocycles. The minimum Gasteiger partial charge on any atom is -0.492 e. The molecule has 1 unspecified atom stereocenters. The van der Waals surface area contributed by atoms with Gasteiger partial charge in [0.25, 0.3) is 0 Å². The maximum Gasteiger partial charge on any atom is 0.231 e. The molecule has 2 N–H and O–H groups in total. The van der Waals surface area contributed by atoms with Crippen molar-refractivity contribution >= 4 is 16.9 Å². The van der Waals surface area contributed by atoms with E-state index >= 15 is 0 Å². The first-order chi connectivity index (χ1) is 11.1. The lowest BCUT2D eigenvalue weighted by Crippen LogP contribution is -2.24. The number of pyridine rings is 1. The molecule has 2 aromatic rings. The summed E-state index contributed by atoms with van der Waals surface area (Å²) in [7, 11) is -1.28. The molecule has 0 bridgehead atoms. The third kappa shape index (κ3) is 6.19. The minimum absolute atomic E-state index is 0.176. The number of unbranched alkanes of at least 4 members (excludes halogenated alkanes) is 2. The zero-order valence-corrected chi connectivity index (χ0v) is 13.8. The van der Waals surface area contributed by atoms with Gasteiger partial charge < -0.3 is 4.74 Å². The van der Waals surface area contributed by atoms with Crippen molar-refractivity contribution in [1.82, 2.24) is 19.9 Å². The standard InChI is InChI=1S/C15H20N4O3S/c1-23(21)19-15(20)5-3-2-4-10-22-12-6-7-13(16-11-12)14-8-9-17-18-14/h6-9,11H,2-5,10H2,1H3,(H,17,18)(H,19,20). The lowest BCUT2D eigenvalue weighted by atomic mass is 10.2. The monoisotopic (exact) mass is 336 g/mol. The van der Waals surface area contributed by atoms with E-state index in [1.807, 2.05) is 18.2 Å². The third-order valence-corrected chi connectivity index (χ3v) is 3.60. The van der Waals surface area contributed by atoms with Crippen molar-refractivity contribution in [2.75, 3.05) is 12.9 Å². The Balaban J connectivity index is 1.61. The van der Waals surface area contributed by atoms with Crippen LogP contribution in [0.3, 0.4) is 0 Å². The molecule has 124 valence electrons. The normalized spacial score (nSPS) is 11.9. The highest BCUT2D eigenvalue weighted by Gasteiger charge is 2.03. The van der Waals surface area contributed by atoms with Crippen molar-refractivity contribution in [2.24, 2.45) is 0 Å². The Kier molecular flexibility index (Phi) is 6.74. The highest BCUT2D eigenvalue weighted by Crippen LogP contribution is 2.17. The molecule has 1 amide bonds. The first-order valence-corrected chi connectivity index (χ1v) is 8.92. The summed E-state index contributed by atoms with van der Waals surface area (Å²) in [4.78, 5) is 15.6. The predicted octanol–water partition coefficient (Wildman–Crippen LogP) is 1.82. The second kappa shape index (κ2) is 9.04. The van der Waals surface area contributed by atoms with Gasteiger partial charge in [-0.1, -0.05) is 0 Å². The van der Waals surface area contributed by atoms with E-state index in [0.717, 1.165) is 30.7 Å². The molecule has 2 aromatic heterocycles. The number of aromatic amines is 1. The van der Waals surface area contributed by atoms with E-state index in [0.29, 0.717) is 18.8 Å². The van der Waals surface area contributed by atoms with Crippen LogP contribution in [0.2, 0.25) is 0 Å². The average Bonchev–Trinajstić information content (AvgIpc) is 3.05. The molecule has 0 aliphatic rings. The Morgan fingerprint density at radius 3 is 2.83 bits per heavy atom. The van der Waals surface area contributed by atoms with Gasteiger partial charge in [-0.3, -0.25) is 19.6 Å². The highest BCUT2D eigenvalue weighted by atomic mass is 32.2. The molecular weight excluding hydrogens is 316 g/mol. The smallest absolute Gasteiger partial charge is 0.231 e. The largest absolute Gasteiger partial charge is 0.492 e. The molecule has 1 atom stereocenters. The van der Waals surface area contributed by atoms with E-state index in [2.05, 4.69) is 19.9 Å². The molecular formula is C15H20N4O3S. The van der Waals surface area contributed by atoms with Crippen LogP contribution in [0.4, 0.5) is 0 Å². The number of nitrogens with one attached hydrogen (secondary N) is 2. The number of hydrogen-bond acceptors (Lipinski definition) is 5. The maximum absolute atomic E-state index is 11.3. The van der Waals surface area contributed by atoms with Gasteiger partial charge in [-0.25, -0.2) is 4.21 Å². The van der Waals surface area contributed by atoms with Gasteiger partial charge in [-0.15, -0.1) is 0 Å². The molecule has 2 heterocycles. The second-order valence-corrected chi connectivity index (χ2v) is 6.10. The summed E-state index contributed by atoms with van der Waals surface area (Å²) in [5.74, 6) is 0.540. The number of nitrogens with zero attached hydrogens (tertiary/aromatic N) is 2. The molecule has 0 spiro atoms. The van der Waals surface area contributed by atoms with Crippen molar-refractivity contribution in [1.29, 1.82) is 0 Å². The number of aromatic nitrogens is 3. The van der Waals surface area contributed by atoms with E-state index in [1.54, 1.807) is 12.4 Å². The van der Waals surface area contributed by atoms with Crippen molar-refractivity contribution in [3.8, 4) is 17.1 Å². The first-order valence-electron chi connectivity index (χ1n) is 7.36. The lowest BCUT2D eigenvalue weighted by molar-refractivity contribution is -0.119. The van der Waals surface area contributed by atoms with Gasteiger partial charge >= 0.3 is 0 Å². The minimum atomic E-state index is -1.28. The maximum atomic E-state index is 11.3. The van der Waals surface area contributed by atoms with Gasteiger partial charge in [0.2, 0.25) is 5.91 Å². The zero-order valence-electron chi connectivity index (χ0n) is 12.9. The number of rotatable bonds is 9. The highest BCUT2D eigenvalue weighted by molar-refractivity contribution is 7.82. The van der Waals surface area contributed by atoms with Gasteiger partial charge in [0, 0.05) is 18.9 Å². The van der Waals surface area contributed by atoms with Crippen LogP contribution in [0.5, 0.6) is 5.75 Å². The van der Waals surface area contributed by atoms with Crippen LogP contribution in [0.25, 0.3) is 11.4 Å². The van der Waals surface area contributed by atoms with Crippen LogP contribution in [-0.4, -0.2) is 38.2 Å². The van der Waals surface area contributed by atoms with Crippen molar-refractivity contribution in [3.05, 3.63) is 30.6 Å². The first kappa shape index (κ1) is 17.1. The van der Waals surface area contributed by atoms with Crippen molar-refractivity contribution in [2.45, 2.75) is 25.7 Å². The number of carbonyl (C=O) groups is 1. The van der Waals surface area contributed by atoms with Gasteiger partial charge in [-0.05, 0) is 37.5 Å². The van der Waals surface area contributed by atoms with Crippen molar-refractivity contribution < 1.29 is 13.7 Å². The number of amides is 1. The molecule has 23 heavy (non-hydrogen) atoms. The molecule has 0 saturated carbocycles. The van der Waals surface area contributed by atoms with E-state index in [9.17, 15) is 9.00 Å². The number of carbonyl (C=O) groups excluding carboxylic acids is 1. The fourth-order valence-electron chi connectivity index (χ4n) is 1.99. The molecule has 7 nitrogen and oxygen atoms in total. The van der Waals surface area contributed by atoms with E-state index < -0.39 is 11.0 Å². The van der Waals surface area contributed by atoms with Gasteiger partial charge in [0.15, 0.2) is 0 Å². The predicted molar refractivity (Wildman–Crippen MR) is 88.0 cm³/mol. The fraction of sp³-hybridized carbons (Fsp3) is 0.400. The Bertz CT molecular complexity index is 629. The van der Waals surface area contributed by atoms with Crippen molar-refractivity contribution in [3.63, 3.8) is 0 Å². The Morgan fingerprint density at radius 2 is 2.17 bits per heavy atom.